The fourth-order valence-corrected chi connectivity index (χ4v) is 3.27. The van der Waals surface area contributed by atoms with E-state index in [0.29, 0.717) is 18.1 Å². The summed E-state index contributed by atoms with van der Waals surface area (Å²) in [5.41, 5.74) is 0. The Bertz CT molecular complexity index is 620. The average molecular weight is 452 g/mol. The Balaban J connectivity index is 2.09. The van der Waals surface area contributed by atoms with Crippen molar-refractivity contribution in [1.82, 2.24) is 0 Å². The van der Waals surface area contributed by atoms with Gasteiger partial charge in [0.2, 0.25) is 0 Å². The molecule has 0 unspecified atom stereocenters. The zero-order valence-electron chi connectivity index (χ0n) is 16.4. The molecule has 1 aromatic rings. The second kappa shape index (κ2) is 14.9. The molecule has 1 aromatic carbocycles. The summed E-state index contributed by atoms with van der Waals surface area (Å²) in [6.45, 7) is 2.65. The maximum absolute atomic E-state index is 11.9. The largest absolute Gasteiger partial charge is 0.466 e. The van der Waals surface area contributed by atoms with Crippen molar-refractivity contribution in [2.24, 2.45) is 0 Å². The van der Waals surface area contributed by atoms with Crippen LogP contribution < -0.4 is 4.74 Å². The van der Waals surface area contributed by atoms with E-state index in [4.69, 9.17) is 44.3 Å². The Morgan fingerprint density at radius 2 is 1.43 bits per heavy atom. The highest BCUT2D eigenvalue weighted by Gasteiger charge is 2.13. The first-order valence-corrected chi connectivity index (χ1v) is 11.1. The van der Waals surface area contributed by atoms with E-state index in [9.17, 15) is 9.59 Å². The molecule has 158 valence electrons. The van der Waals surface area contributed by atoms with Gasteiger partial charge in [0, 0.05) is 23.9 Å². The predicted molar refractivity (Wildman–Crippen MR) is 115 cm³/mol. The van der Waals surface area contributed by atoms with Gasteiger partial charge in [0.15, 0.2) is 5.75 Å². The predicted octanol–water partition coefficient (Wildman–Crippen LogP) is 7.41. The van der Waals surface area contributed by atoms with Crippen molar-refractivity contribution in [3.05, 3.63) is 27.2 Å². The molecule has 1 rings (SSSR count). The van der Waals surface area contributed by atoms with Gasteiger partial charge in [-0.25, -0.2) is 0 Å². The minimum atomic E-state index is -0.504. The van der Waals surface area contributed by atoms with Crippen LogP contribution in [0, 0.1) is 0 Å². The monoisotopic (exact) mass is 450 g/mol. The first-order chi connectivity index (χ1) is 13.4. The van der Waals surface area contributed by atoms with Gasteiger partial charge in [-0.05, 0) is 18.9 Å². The zero-order valence-corrected chi connectivity index (χ0v) is 18.7. The Morgan fingerprint density at radius 1 is 0.821 bits per heavy atom. The number of benzene rings is 1. The minimum Gasteiger partial charge on any atom is -0.466 e. The van der Waals surface area contributed by atoms with Gasteiger partial charge in [-0.3, -0.25) is 9.59 Å². The lowest BCUT2D eigenvalue weighted by atomic mass is 10.1. The molecule has 0 spiro atoms. The first-order valence-electron chi connectivity index (χ1n) is 9.95. The van der Waals surface area contributed by atoms with Crippen molar-refractivity contribution in [2.75, 3.05) is 6.61 Å². The fraction of sp³-hybridized carbons (Fsp3) is 0.619. The standard InChI is InChI=1S/C21H29Cl3O4/c1-2-3-4-5-6-7-8-9-13-27-19(25)11-10-12-20(26)28-18-15-16(22)14-17(23)21(18)24/h14-15H,2-13H2,1H3. The summed E-state index contributed by atoms with van der Waals surface area (Å²) in [5.74, 6) is -0.683. The molecule has 0 bridgehead atoms. The van der Waals surface area contributed by atoms with Crippen LogP contribution in [0.1, 0.15) is 77.6 Å². The lowest BCUT2D eigenvalue weighted by Gasteiger charge is -2.08. The lowest BCUT2D eigenvalue weighted by Crippen LogP contribution is -2.11. The van der Waals surface area contributed by atoms with Gasteiger partial charge in [0.1, 0.15) is 5.02 Å². The van der Waals surface area contributed by atoms with E-state index in [-0.39, 0.29) is 34.6 Å². The van der Waals surface area contributed by atoms with Crippen molar-refractivity contribution < 1.29 is 19.1 Å². The third kappa shape index (κ3) is 11.1. The van der Waals surface area contributed by atoms with E-state index in [1.54, 1.807) is 0 Å². The molecule has 28 heavy (non-hydrogen) atoms. The summed E-state index contributed by atoms with van der Waals surface area (Å²) >= 11 is 17.7. The molecule has 0 atom stereocenters. The Hall–Kier alpha value is -0.970. The number of rotatable bonds is 14. The Labute approximate surface area is 182 Å². The summed E-state index contributed by atoms with van der Waals surface area (Å²) in [6.07, 6.45) is 10.2. The van der Waals surface area contributed by atoms with Crippen LogP contribution in [-0.2, 0) is 14.3 Å². The van der Waals surface area contributed by atoms with Crippen LogP contribution in [0.25, 0.3) is 0 Å². The van der Waals surface area contributed by atoms with E-state index in [2.05, 4.69) is 6.92 Å². The van der Waals surface area contributed by atoms with E-state index in [1.807, 2.05) is 0 Å². The summed E-state index contributed by atoms with van der Waals surface area (Å²) in [4.78, 5) is 23.6. The van der Waals surface area contributed by atoms with Crippen LogP contribution in [0.3, 0.4) is 0 Å². The summed E-state index contributed by atoms with van der Waals surface area (Å²) in [7, 11) is 0. The average Bonchev–Trinajstić information content (AvgIpc) is 2.64. The van der Waals surface area contributed by atoms with Crippen molar-refractivity contribution in [3.8, 4) is 5.75 Å². The highest BCUT2D eigenvalue weighted by Crippen LogP contribution is 2.35. The summed E-state index contributed by atoms with van der Waals surface area (Å²) in [6, 6.07) is 2.89. The van der Waals surface area contributed by atoms with Crippen molar-refractivity contribution in [3.63, 3.8) is 0 Å². The van der Waals surface area contributed by atoms with Gasteiger partial charge >= 0.3 is 11.9 Å². The van der Waals surface area contributed by atoms with Crippen molar-refractivity contribution in [2.45, 2.75) is 77.6 Å². The quantitative estimate of drug-likeness (QED) is 0.128. The second-order valence-electron chi connectivity index (χ2n) is 6.72. The van der Waals surface area contributed by atoms with Gasteiger partial charge in [-0.15, -0.1) is 0 Å². The summed E-state index contributed by atoms with van der Waals surface area (Å²) < 4.78 is 10.3. The first kappa shape index (κ1) is 25.1. The molecular weight excluding hydrogens is 423 g/mol. The van der Waals surface area contributed by atoms with Crippen LogP contribution >= 0.6 is 34.8 Å². The molecule has 0 aromatic heterocycles. The van der Waals surface area contributed by atoms with E-state index < -0.39 is 5.97 Å². The maximum atomic E-state index is 11.9. The Morgan fingerprint density at radius 3 is 2.11 bits per heavy atom. The summed E-state index contributed by atoms with van der Waals surface area (Å²) in [5, 5.41) is 0.660. The van der Waals surface area contributed by atoms with Crippen LogP contribution in [-0.4, -0.2) is 18.5 Å². The van der Waals surface area contributed by atoms with Crippen LogP contribution in [0.4, 0.5) is 0 Å². The number of carbonyl (C=O) groups excluding carboxylic acids is 2. The molecule has 0 saturated heterocycles. The SMILES string of the molecule is CCCCCCCCCCOC(=O)CCCC(=O)Oc1cc(Cl)cc(Cl)c1Cl. The maximum Gasteiger partial charge on any atom is 0.311 e. The van der Waals surface area contributed by atoms with Crippen molar-refractivity contribution >= 4 is 46.7 Å². The van der Waals surface area contributed by atoms with Gasteiger partial charge in [0.05, 0.1) is 11.6 Å². The highest BCUT2D eigenvalue weighted by atomic mass is 35.5. The lowest BCUT2D eigenvalue weighted by molar-refractivity contribution is -0.144. The normalized spacial score (nSPS) is 10.7. The van der Waals surface area contributed by atoms with Gasteiger partial charge < -0.3 is 9.47 Å². The number of ether oxygens (including phenoxy) is 2. The molecule has 0 radical (unpaired) electrons. The molecular formula is C21H29Cl3O4. The van der Waals surface area contributed by atoms with E-state index >= 15 is 0 Å². The smallest absolute Gasteiger partial charge is 0.311 e. The van der Waals surface area contributed by atoms with Gasteiger partial charge in [-0.2, -0.15) is 0 Å². The van der Waals surface area contributed by atoms with Crippen LogP contribution in [0.5, 0.6) is 5.75 Å². The number of hydrogen-bond donors (Lipinski definition) is 0. The third-order valence-corrected chi connectivity index (χ3v) is 5.21. The van der Waals surface area contributed by atoms with E-state index in [1.165, 1.54) is 50.7 Å². The minimum absolute atomic E-state index is 0.0767. The molecule has 0 N–H and O–H groups in total. The van der Waals surface area contributed by atoms with Crippen LogP contribution in [0.2, 0.25) is 15.1 Å². The van der Waals surface area contributed by atoms with E-state index in [0.717, 1.165) is 12.8 Å². The van der Waals surface area contributed by atoms with Gasteiger partial charge in [0.25, 0.3) is 0 Å². The highest BCUT2D eigenvalue weighted by molar-refractivity contribution is 6.44. The molecule has 0 amide bonds. The fourth-order valence-electron chi connectivity index (χ4n) is 2.65. The number of carbonyl (C=O) groups is 2. The third-order valence-electron chi connectivity index (χ3n) is 4.21. The zero-order chi connectivity index (χ0) is 20.8. The molecule has 0 heterocycles. The number of halogens is 3. The molecule has 0 aliphatic carbocycles. The van der Waals surface area contributed by atoms with Crippen molar-refractivity contribution in [1.29, 1.82) is 0 Å². The number of unbranched alkanes of at least 4 members (excludes halogenated alkanes) is 7. The van der Waals surface area contributed by atoms with Crippen LogP contribution in [0.15, 0.2) is 12.1 Å². The topological polar surface area (TPSA) is 52.6 Å². The molecule has 0 saturated carbocycles. The Kier molecular flexibility index (Phi) is 13.4. The molecule has 0 aliphatic rings. The molecule has 0 fully saturated rings. The molecule has 4 nitrogen and oxygen atoms in total. The number of esters is 2. The van der Waals surface area contributed by atoms with Gasteiger partial charge in [-0.1, -0.05) is 86.7 Å². The second-order valence-corrected chi connectivity index (χ2v) is 7.94. The molecule has 7 heteroatoms. The molecule has 0 aliphatic heterocycles. The number of hydrogen-bond acceptors (Lipinski definition) is 4.